The lowest BCUT2D eigenvalue weighted by molar-refractivity contribution is 0.0744. The molecular weight excluding hydrogens is 339 g/mol. The van der Waals surface area contributed by atoms with Gasteiger partial charge < -0.3 is 15.2 Å². The van der Waals surface area contributed by atoms with Crippen molar-refractivity contribution in [3.63, 3.8) is 0 Å². The van der Waals surface area contributed by atoms with Crippen molar-refractivity contribution in [1.82, 2.24) is 20.2 Å². The Balaban J connectivity index is 0.00000132. The van der Waals surface area contributed by atoms with Crippen LogP contribution in [0.1, 0.15) is 42.6 Å². The molecule has 0 radical (unpaired) electrons. The topological polar surface area (TPSA) is 78.1 Å². The predicted octanol–water partition coefficient (Wildman–Crippen LogP) is 1.61. The molecule has 0 unspecified atom stereocenters. The Hall–Kier alpha value is -1.11. The normalized spacial score (nSPS) is 20.1. The third-order valence-corrected chi connectivity index (χ3v) is 4.88. The predicted molar refractivity (Wildman–Crippen MR) is 93.6 cm³/mol. The number of aromatic amines is 1. The van der Waals surface area contributed by atoms with Crippen molar-refractivity contribution in [3.8, 4) is 0 Å². The monoisotopic (exact) mass is 362 g/mol. The van der Waals surface area contributed by atoms with Crippen LogP contribution in [0, 0.1) is 5.41 Å². The number of likely N-dealkylation sites (tertiary alicyclic amines) is 1. The first-order chi connectivity index (χ1) is 10.2. The molecule has 0 aromatic carbocycles. The number of halogens is 2. The fraction of sp³-hybridized carbons (Fsp3) is 0.667. The van der Waals surface area contributed by atoms with E-state index >= 15 is 0 Å². The SMILES string of the molecule is Cl.Cl.O=C(c1cncc(=O)[nH]1)N1CCCC2(CCNCC2)CC1. The number of aromatic nitrogens is 2. The highest BCUT2D eigenvalue weighted by Gasteiger charge is 2.34. The number of H-pyrrole nitrogens is 1. The van der Waals surface area contributed by atoms with Crippen molar-refractivity contribution < 1.29 is 4.79 Å². The molecule has 0 atom stereocenters. The minimum atomic E-state index is -0.328. The van der Waals surface area contributed by atoms with E-state index in [1.54, 1.807) is 0 Å². The molecule has 1 aromatic heterocycles. The van der Waals surface area contributed by atoms with E-state index in [1.165, 1.54) is 31.7 Å². The highest BCUT2D eigenvalue weighted by molar-refractivity contribution is 5.91. The van der Waals surface area contributed by atoms with Gasteiger partial charge in [-0.2, -0.15) is 0 Å². The lowest BCUT2D eigenvalue weighted by Crippen LogP contribution is -2.38. The molecule has 0 aliphatic carbocycles. The average molecular weight is 363 g/mol. The Morgan fingerprint density at radius 3 is 2.52 bits per heavy atom. The second-order valence-corrected chi connectivity index (χ2v) is 6.21. The molecule has 23 heavy (non-hydrogen) atoms. The maximum absolute atomic E-state index is 12.5. The maximum atomic E-state index is 12.5. The van der Waals surface area contributed by atoms with Gasteiger partial charge >= 0.3 is 0 Å². The fourth-order valence-corrected chi connectivity index (χ4v) is 3.57. The summed E-state index contributed by atoms with van der Waals surface area (Å²) in [4.78, 5) is 32.0. The Bertz CT molecular complexity index is 573. The van der Waals surface area contributed by atoms with Gasteiger partial charge in [-0.1, -0.05) is 0 Å². The molecule has 1 aromatic rings. The average Bonchev–Trinajstić information content (AvgIpc) is 2.70. The van der Waals surface area contributed by atoms with Gasteiger partial charge in [0.2, 0.25) is 0 Å². The molecule has 2 N–H and O–H groups in total. The summed E-state index contributed by atoms with van der Waals surface area (Å²) in [6.07, 6.45) is 8.33. The van der Waals surface area contributed by atoms with Crippen LogP contribution in [-0.4, -0.2) is 47.0 Å². The minimum absolute atomic E-state index is 0. The third-order valence-electron chi connectivity index (χ3n) is 4.88. The molecule has 1 spiro atoms. The first-order valence-electron chi connectivity index (χ1n) is 7.73. The zero-order chi connectivity index (χ0) is 14.7. The van der Waals surface area contributed by atoms with Crippen LogP contribution < -0.4 is 10.9 Å². The van der Waals surface area contributed by atoms with Gasteiger partial charge in [0, 0.05) is 13.1 Å². The van der Waals surface area contributed by atoms with Crippen molar-refractivity contribution >= 4 is 30.7 Å². The quantitative estimate of drug-likeness (QED) is 0.795. The van der Waals surface area contributed by atoms with Crippen LogP contribution in [0.5, 0.6) is 0 Å². The minimum Gasteiger partial charge on any atom is -0.337 e. The van der Waals surface area contributed by atoms with Crippen LogP contribution >= 0.6 is 24.8 Å². The molecule has 3 heterocycles. The van der Waals surface area contributed by atoms with Gasteiger partial charge in [0.15, 0.2) is 0 Å². The third kappa shape index (κ3) is 4.68. The van der Waals surface area contributed by atoms with Gasteiger partial charge in [0.05, 0.1) is 12.4 Å². The second-order valence-electron chi connectivity index (χ2n) is 6.21. The summed E-state index contributed by atoms with van der Waals surface area (Å²) in [6.45, 7) is 3.72. The summed E-state index contributed by atoms with van der Waals surface area (Å²) in [5, 5.41) is 3.41. The number of carbonyl (C=O) groups is 1. The summed E-state index contributed by atoms with van der Waals surface area (Å²) in [5.41, 5.74) is 0.372. The maximum Gasteiger partial charge on any atom is 0.271 e. The van der Waals surface area contributed by atoms with Gasteiger partial charge in [-0.25, -0.2) is 0 Å². The smallest absolute Gasteiger partial charge is 0.271 e. The molecule has 0 saturated carbocycles. The largest absolute Gasteiger partial charge is 0.337 e. The van der Waals surface area contributed by atoms with E-state index < -0.39 is 0 Å². The van der Waals surface area contributed by atoms with Gasteiger partial charge in [-0.15, -0.1) is 24.8 Å². The summed E-state index contributed by atoms with van der Waals surface area (Å²) in [5.74, 6) is -0.105. The number of rotatable bonds is 1. The van der Waals surface area contributed by atoms with Gasteiger partial charge in [-0.05, 0) is 50.6 Å². The van der Waals surface area contributed by atoms with E-state index in [-0.39, 0.29) is 36.3 Å². The Morgan fingerprint density at radius 2 is 1.83 bits per heavy atom. The standard InChI is InChI=1S/C15H22N4O2.2ClH/c20-13-11-17-10-12(18-13)14(21)19-8-1-2-15(5-9-19)3-6-16-7-4-15;;/h10-11,16H,1-9H2,(H,18,20);2*1H. The molecule has 8 heteroatoms. The van der Waals surface area contributed by atoms with E-state index in [4.69, 9.17) is 0 Å². The van der Waals surface area contributed by atoms with Crippen LogP contribution in [0.2, 0.25) is 0 Å². The van der Waals surface area contributed by atoms with E-state index in [0.717, 1.165) is 39.0 Å². The number of hydrogen-bond donors (Lipinski definition) is 2. The molecular formula is C15H24Cl2N4O2. The molecule has 2 saturated heterocycles. The zero-order valence-corrected chi connectivity index (χ0v) is 14.7. The van der Waals surface area contributed by atoms with Crippen molar-refractivity contribution in [2.75, 3.05) is 26.2 Å². The van der Waals surface area contributed by atoms with E-state index in [9.17, 15) is 9.59 Å². The Kier molecular flexibility index (Phi) is 7.51. The summed E-state index contributed by atoms with van der Waals surface area (Å²) in [7, 11) is 0. The van der Waals surface area contributed by atoms with Crippen molar-refractivity contribution in [3.05, 3.63) is 28.4 Å². The fourth-order valence-electron chi connectivity index (χ4n) is 3.57. The number of nitrogens with one attached hydrogen (secondary N) is 2. The van der Waals surface area contributed by atoms with E-state index in [1.807, 2.05) is 4.90 Å². The van der Waals surface area contributed by atoms with Gasteiger partial charge in [-0.3, -0.25) is 14.6 Å². The number of hydrogen-bond acceptors (Lipinski definition) is 4. The Labute approximate surface area is 148 Å². The number of piperidine rings is 1. The molecule has 0 bridgehead atoms. The number of nitrogens with zero attached hydrogens (tertiary/aromatic N) is 2. The van der Waals surface area contributed by atoms with Crippen LogP contribution in [0.3, 0.4) is 0 Å². The van der Waals surface area contributed by atoms with E-state index in [2.05, 4.69) is 15.3 Å². The summed E-state index contributed by atoms with van der Waals surface area (Å²) >= 11 is 0. The highest BCUT2D eigenvalue weighted by atomic mass is 35.5. The van der Waals surface area contributed by atoms with Gasteiger partial charge in [0.25, 0.3) is 11.5 Å². The van der Waals surface area contributed by atoms with E-state index in [0.29, 0.717) is 11.1 Å². The van der Waals surface area contributed by atoms with Crippen molar-refractivity contribution in [1.29, 1.82) is 0 Å². The summed E-state index contributed by atoms with van der Waals surface area (Å²) < 4.78 is 0. The lowest BCUT2D eigenvalue weighted by Gasteiger charge is -2.37. The Morgan fingerprint density at radius 1 is 1.09 bits per heavy atom. The molecule has 6 nitrogen and oxygen atoms in total. The summed E-state index contributed by atoms with van der Waals surface area (Å²) in [6, 6.07) is 0. The lowest BCUT2D eigenvalue weighted by atomic mass is 9.73. The second kappa shape index (κ2) is 8.66. The van der Waals surface area contributed by atoms with Crippen LogP contribution in [0.4, 0.5) is 0 Å². The van der Waals surface area contributed by atoms with Crippen molar-refractivity contribution in [2.45, 2.75) is 32.1 Å². The number of amides is 1. The van der Waals surface area contributed by atoms with Crippen LogP contribution in [-0.2, 0) is 0 Å². The van der Waals surface area contributed by atoms with Gasteiger partial charge in [0.1, 0.15) is 5.69 Å². The van der Waals surface area contributed by atoms with Crippen molar-refractivity contribution in [2.24, 2.45) is 5.41 Å². The molecule has 2 aliphatic rings. The molecule has 130 valence electrons. The zero-order valence-electron chi connectivity index (χ0n) is 13.0. The first kappa shape index (κ1) is 19.9. The first-order valence-corrected chi connectivity index (χ1v) is 7.73. The van der Waals surface area contributed by atoms with Crippen LogP contribution in [0.25, 0.3) is 0 Å². The molecule has 3 rings (SSSR count). The molecule has 1 amide bonds. The molecule has 2 aliphatic heterocycles. The van der Waals surface area contributed by atoms with Crippen LogP contribution in [0.15, 0.2) is 17.2 Å². The molecule has 2 fully saturated rings. The number of carbonyl (C=O) groups excluding carboxylic acids is 1. The highest BCUT2D eigenvalue weighted by Crippen LogP contribution is 2.39.